The third kappa shape index (κ3) is 3.13. The van der Waals surface area contributed by atoms with E-state index in [4.69, 9.17) is 21.4 Å². The lowest BCUT2D eigenvalue weighted by Crippen LogP contribution is -2.10. The molecular formula is C10H9ClI2O3. The minimum Gasteiger partial charge on any atom is -0.489 e. The lowest BCUT2D eigenvalue weighted by Gasteiger charge is -2.15. The Morgan fingerprint density at radius 2 is 2.06 bits per heavy atom. The summed E-state index contributed by atoms with van der Waals surface area (Å²) in [5.74, 6) is -0.386. The van der Waals surface area contributed by atoms with Gasteiger partial charge in [-0.15, -0.1) is 0 Å². The van der Waals surface area contributed by atoms with Crippen LogP contribution >= 0.6 is 56.8 Å². The summed E-state index contributed by atoms with van der Waals surface area (Å²) in [6, 6.07) is 1.52. The number of hydrogen-bond donors (Lipinski definition) is 1. The number of carboxylic acid groups (broad SMARTS) is 1. The van der Waals surface area contributed by atoms with Crippen LogP contribution in [0.15, 0.2) is 6.07 Å². The average molecular weight is 466 g/mol. The largest absolute Gasteiger partial charge is 0.489 e. The van der Waals surface area contributed by atoms with Gasteiger partial charge in [0.15, 0.2) is 0 Å². The first-order chi connectivity index (χ1) is 7.34. The maximum atomic E-state index is 10.9. The maximum Gasteiger partial charge on any atom is 0.337 e. The summed E-state index contributed by atoms with van der Waals surface area (Å²) in [6.07, 6.45) is 0.0220. The molecule has 0 aliphatic carbocycles. The lowest BCUT2D eigenvalue weighted by atomic mass is 10.2. The Labute approximate surface area is 126 Å². The van der Waals surface area contributed by atoms with Crippen molar-refractivity contribution in [2.24, 2.45) is 0 Å². The van der Waals surface area contributed by atoms with E-state index in [1.807, 2.05) is 59.0 Å². The molecule has 0 aliphatic rings. The van der Waals surface area contributed by atoms with Crippen molar-refractivity contribution in [3.63, 3.8) is 0 Å². The Bertz CT molecular complexity index is 433. The number of halogens is 3. The van der Waals surface area contributed by atoms with Gasteiger partial charge in [-0.2, -0.15) is 0 Å². The van der Waals surface area contributed by atoms with E-state index in [2.05, 4.69) is 0 Å². The van der Waals surface area contributed by atoms with E-state index in [0.717, 1.165) is 3.57 Å². The van der Waals surface area contributed by atoms with E-state index in [-0.39, 0.29) is 16.7 Å². The highest BCUT2D eigenvalue weighted by molar-refractivity contribution is 14.1. The van der Waals surface area contributed by atoms with Crippen molar-refractivity contribution in [2.75, 3.05) is 0 Å². The highest BCUT2D eigenvalue weighted by atomic mass is 127. The molecule has 0 atom stereocenters. The second-order valence-corrected chi connectivity index (χ2v) is 5.95. The Morgan fingerprint density at radius 1 is 1.50 bits per heavy atom. The predicted octanol–water partition coefficient (Wildman–Crippen LogP) is 4.03. The Kier molecular flexibility index (Phi) is 5.11. The summed E-state index contributed by atoms with van der Waals surface area (Å²) in [4.78, 5) is 10.9. The molecule has 0 saturated heterocycles. The van der Waals surface area contributed by atoms with E-state index in [1.54, 1.807) is 0 Å². The van der Waals surface area contributed by atoms with Crippen LogP contribution in [0.1, 0.15) is 24.2 Å². The molecule has 0 aromatic heterocycles. The first-order valence-corrected chi connectivity index (χ1v) is 6.95. The standard InChI is InChI=1S/C10H9ClI2O3/c1-4(2)16-9-6(12)3-5(10(14)15)7(11)8(9)13/h3-4H,1-2H3,(H,14,15). The molecule has 0 fully saturated rings. The van der Waals surface area contributed by atoms with Crippen molar-refractivity contribution in [1.29, 1.82) is 0 Å². The first-order valence-electron chi connectivity index (χ1n) is 4.42. The van der Waals surface area contributed by atoms with Crippen LogP contribution in [0.25, 0.3) is 0 Å². The molecule has 0 bridgehead atoms. The van der Waals surface area contributed by atoms with Crippen LogP contribution < -0.4 is 4.74 Å². The molecule has 0 saturated carbocycles. The van der Waals surface area contributed by atoms with Gasteiger partial charge in [0.2, 0.25) is 0 Å². The normalized spacial score (nSPS) is 10.6. The summed E-state index contributed by atoms with van der Waals surface area (Å²) in [5, 5.41) is 9.18. The number of benzene rings is 1. The monoisotopic (exact) mass is 466 g/mol. The van der Waals surface area contributed by atoms with Gasteiger partial charge in [0.05, 0.1) is 23.8 Å². The van der Waals surface area contributed by atoms with E-state index >= 15 is 0 Å². The summed E-state index contributed by atoms with van der Waals surface area (Å²) in [7, 11) is 0. The number of carbonyl (C=O) groups is 1. The highest BCUT2D eigenvalue weighted by Gasteiger charge is 2.19. The van der Waals surface area contributed by atoms with Gasteiger partial charge in [0, 0.05) is 0 Å². The van der Waals surface area contributed by atoms with Crippen molar-refractivity contribution in [1.82, 2.24) is 0 Å². The van der Waals surface area contributed by atoms with Crippen LogP contribution in [0.3, 0.4) is 0 Å². The molecule has 1 rings (SSSR count). The van der Waals surface area contributed by atoms with Crippen molar-refractivity contribution in [3.8, 4) is 5.75 Å². The summed E-state index contributed by atoms with van der Waals surface area (Å²) >= 11 is 10.0. The quantitative estimate of drug-likeness (QED) is 0.541. The zero-order chi connectivity index (χ0) is 12.5. The second-order valence-electron chi connectivity index (χ2n) is 3.33. The molecule has 0 amide bonds. The highest BCUT2D eigenvalue weighted by Crippen LogP contribution is 2.36. The third-order valence-corrected chi connectivity index (χ3v) is 4.24. The number of aromatic carboxylic acids is 1. The van der Waals surface area contributed by atoms with E-state index in [0.29, 0.717) is 9.32 Å². The summed E-state index contributed by atoms with van der Waals surface area (Å²) in [5.41, 5.74) is 0.103. The number of ether oxygens (including phenoxy) is 1. The van der Waals surface area contributed by atoms with E-state index in [1.165, 1.54) is 6.07 Å². The van der Waals surface area contributed by atoms with Gasteiger partial charge in [0.25, 0.3) is 0 Å². The maximum absolute atomic E-state index is 10.9. The molecule has 3 nitrogen and oxygen atoms in total. The third-order valence-electron chi connectivity index (χ3n) is 1.70. The SMILES string of the molecule is CC(C)Oc1c(I)cc(C(=O)O)c(Cl)c1I. The summed E-state index contributed by atoms with van der Waals surface area (Å²) < 4.78 is 6.98. The molecule has 0 aliphatic heterocycles. The minimum atomic E-state index is -1.03. The van der Waals surface area contributed by atoms with Gasteiger partial charge in [-0.1, -0.05) is 11.6 Å². The molecule has 1 aromatic carbocycles. The molecule has 0 spiro atoms. The molecule has 6 heteroatoms. The van der Waals surface area contributed by atoms with Crippen LogP contribution in [0.5, 0.6) is 5.75 Å². The van der Waals surface area contributed by atoms with Gasteiger partial charge >= 0.3 is 5.97 Å². The van der Waals surface area contributed by atoms with Crippen LogP contribution in [0.2, 0.25) is 5.02 Å². The molecule has 1 N–H and O–H groups in total. The Morgan fingerprint density at radius 3 is 2.50 bits per heavy atom. The van der Waals surface area contributed by atoms with Gasteiger partial charge in [-0.05, 0) is 65.1 Å². The minimum absolute atomic E-state index is 0.0220. The fourth-order valence-electron chi connectivity index (χ4n) is 1.08. The molecule has 16 heavy (non-hydrogen) atoms. The number of hydrogen-bond acceptors (Lipinski definition) is 2. The molecular weight excluding hydrogens is 457 g/mol. The van der Waals surface area contributed by atoms with Crippen molar-refractivity contribution in [3.05, 3.63) is 23.8 Å². The number of carboxylic acids is 1. The lowest BCUT2D eigenvalue weighted by molar-refractivity contribution is 0.0697. The first kappa shape index (κ1) is 14.3. The smallest absolute Gasteiger partial charge is 0.337 e. The van der Waals surface area contributed by atoms with Crippen LogP contribution in [0, 0.1) is 7.14 Å². The Hall–Kier alpha value is 0.240. The second kappa shape index (κ2) is 5.72. The average Bonchev–Trinajstić information content (AvgIpc) is 2.17. The van der Waals surface area contributed by atoms with Crippen LogP contribution in [0.4, 0.5) is 0 Å². The van der Waals surface area contributed by atoms with Gasteiger partial charge in [0.1, 0.15) is 5.75 Å². The molecule has 0 heterocycles. The van der Waals surface area contributed by atoms with E-state index in [9.17, 15) is 4.79 Å². The number of rotatable bonds is 3. The van der Waals surface area contributed by atoms with Crippen molar-refractivity contribution in [2.45, 2.75) is 20.0 Å². The van der Waals surface area contributed by atoms with Crippen molar-refractivity contribution < 1.29 is 14.6 Å². The van der Waals surface area contributed by atoms with Gasteiger partial charge < -0.3 is 9.84 Å². The van der Waals surface area contributed by atoms with Crippen molar-refractivity contribution >= 4 is 62.8 Å². The molecule has 1 aromatic rings. The van der Waals surface area contributed by atoms with Crippen LogP contribution in [-0.4, -0.2) is 17.2 Å². The fraction of sp³-hybridized carbons (Fsp3) is 0.300. The molecule has 88 valence electrons. The zero-order valence-corrected chi connectivity index (χ0v) is 13.6. The topological polar surface area (TPSA) is 46.5 Å². The van der Waals surface area contributed by atoms with E-state index < -0.39 is 5.97 Å². The van der Waals surface area contributed by atoms with Gasteiger partial charge in [-0.25, -0.2) is 4.79 Å². The molecule has 0 radical (unpaired) electrons. The Balaban J connectivity index is 3.34. The van der Waals surface area contributed by atoms with Crippen LogP contribution in [-0.2, 0) is 0 Å². The zero-order valence-electron chi connectivity index (χ0n) is 8.55. The predicted molar refractivity (Wildman–Crippen MR) is 79.6 cm³/mol. The fourth-order valence-corrected chi connectivity index (χ4v) is 3.23. The van der Waals surface area contributed by atoms with Gasteiger partial charge in [-0.3, -0.25) is 0 Å². The summed E-state index contributed by atoms with van der Waals surface area (Å²) in [6.45, 7) is 3.82. The molecule has 0 unspecified atom stereocenters.